The highest BCUT2D eigenvalue weighted by molar-refractivity contribution is 8.00. The third kappa shape index (κ3) is 6.67. The van der Waals surface area contributed by atoms with Crippen LogP contribution in [-0.2, 0) is 9.59 Å². The zero-order chi connectivity index (χ0) is 15.8. The van der Waals surface area contributed by atoms with Gasteiger partial charge in [0.2, 0.25) is 11.8 Å². The number of carbonyl (C=O) groups is 2. The van der Waals surface area contributed by atoms with Gasteiger partial charge in [0.1, 0.15) is 6.04 Å². The number of likely N-dealkylation sites (N-methyl/N-ethyl adjacent to an activating group) is 1. The molecule has 0 radical (unpaired) electrons. The minimum Gasteiger partial charge on any atom is -0.347 e. The molecule has 1 N–H and O–H groups in total. The quantitative estimate of drug-likeness (QED) is 0.787. The molecule has 1 atom stereocenters. The Morgan fingerprint density at radius 1 is 1.19 bits per heavy atom. The number of hydrogen-bond acceptors (Lipinski definition) is 3. The SMILES string of the molecule is CC(C)C[C@H](NC(=O)CSc1ccccc1)C(=O)N(C)C. The fraction of sp³-hybridized carbons (Fsp3) is 0.500. The molecule has 21 heavy (non-hydrogen) atoms. The van der Waals surface area contributed by atoms with Crippen LogP contribution < -0.4 is 5.32 Å². The minimum absolute atomic E-state index is 0.0539. The molecule has 1 aromatic rings. The second-order valence-corrected chi connectivity index (χ2v) is 6.63. The molecule has 0 bridgehead atoms. The van der Waals surface area contributed by atoms with Crippen LogP contribution in [0.2, 0.25) is 0 Å². The molecule has 0 fully saturated rings. The minimum atomic E-state index is -0.441. The van der Waals surface area contributed by atoms with E-state index in [1.807, 2.05) is 44.2 Å². The smallest absolute Gasteiger partial charge is 0.244 e. The Kier molecular flexibility index (Phi) is 7.29. The van der Waals surface area contributed by atoms with Crippen LogP contribution in [0.5, 0.6) is 0 Å². The molecule has 0 aromatic heterocycles. The summed E-state index contributed by atoms with van der Waals surface area (Å²) in [7, 11) is 3.42. The first-order chi connectivity index (χ1) is 9.90. The topological polar surface area (TPSA) is 49.4 Å². The summed E-state index contributed by atoms with van der Waals surface area (Å²) in [6.07, 6.45) is 0.652. The van der Waals surface area contributed by atoms with Gasteiger partial charge in [-0.3, -0.25) is 9.59 Å². The molecule has 0 saturated carbocycles. The monoisotopic (exact) mass is 308 g/mol. The Balaban J connectivity index is 2.53. The van der Waals surface area contributed by atoms with Crippen LogP contribution in [0.15, 0.2) is 35.2 Å². The Hall–Kier alpha value is -1.49. The molecule has 0 aliphatic rings. The molecule has 0 heterocycles. The average Bonchev–Trinajstić information content (AvgIpc) is 2.44. The molecule has 0 aliphatic heterocycles. The maximum absolute atomic E-state index is 12.1. The normalized spacial score (nSPS) is 12.0. The summed E-state index contributed by atoms with van der Waals surface area (Å²) in [4.78, 5) is 26.7. The lowest BCUT2D eigenvalue weighted by Crippen LogP contribution is -2.47. The van der Waals surface area contributed by atoms with Gasteiger partial charge in [0.15, 0.2) is 0 Å². The van der Waals surface area contributed by atoms with Crippen LogP contribution in [0.4, 0.5) is 0 Å². The highest BCUT2D eigenvalue weighted by atomic mass is 32.2. The fourth-order valence-electron chi connectivity index (χ4n) is 1.91. The fourth-order valence-corrected chi connectivity index (χ4v) is 2.64. The first kappa shape index (κ1) is 17.6. The number of amides is 2. The third-order valence-electron chi connectivity index (χ3n) is 2.89. The van der Waals surface area contributed by atoms with Crippen molar-refractivity contribution in [2.45, 2.75) is 31.2 Å². The van der Waals surface area contributed by atoms with Crippen molar-refractivity contribution in [3.05, 3.63) is 30.3 Å². The predicted octanol–water partition coefficient (Wildman–Crippen LogP) is 2.40. The Bertz CT molecular complexity index is 461. The van der Waals surface area contributed by atoms with Gasteiger partial charge >= 0.3 is 0 Å². The lowest BCUT2D eigenvalue weighted by molar-refractivity contribution is -0.134. The van der Waals surface area contributed by atoms with Crippen molar-refractivity contribution in [2.75, 3.05) is 19.8 Å². The van der Waals surface area contributed by atoms with Crippen molar-refractivity contribution in [3.8, 4) is 0 Å². The lowest BCUT2D eigenvalue weighted by Gasteiger charge is -2.23. The van der Waals surface area contributed by atoms with E-state index in [1.54, 1.807) is 14.1 Å². The largest absolute Gasteiger partial charge is 0.347 e. The van der Waals surface area contributed by atoms with E-state index in [-0.39, 0.29) is 11.8 Å². The van der Waals surface area contributed by atoms with Crippen LogP contribution >= 0.6 is 11.8 Å². The predicted molar refractivity (Wildman–Crippen MR) is 87.2 cm³/mol. The average molecular weight is 308 g/mol. The molecular weight excluding hydrogens is 284 g/mol. The molecule has 1 rings (SSSR count). The Morgan fingerprint density at radius 2 is 1.81 bits per heavy atom. The van der Waals surface area contributed by atoms with Crippen LogP contribution in [-0.4, -0.2) is 42.6 Å². The highest BCUT2D eigenvalue weighted by Crippen LogP contribution is 2.16. The number of carbonyl (C=O) groups excluding carboxylic acids is 2. The van der Waals surface area contributed by atoms with Crippen molar-refractivity contribution < 1.29 is 9.59 Å². The number of nitrogens with zero attached hydrogens (tertiary/aromatic N) is 1. The van der Waals surface area contributed by atoms with E-state index in [0.29, 0.717) is 18.1 Å². The second kappa shape index (κ2) is 8.72. The second-order valence-electron chi connectivity index (χ2n) is 5.58. The maximum atomic E-state index is 12.1. The molecule has 2 amide bonds. The molecule has 4 nitrogen and oxygen atoms in total. The third-order valence-corrected chi connectivity index (χ3v) is 3.91. The van der Waals surface area contributed by atoms with Gasteiger partial charge in [-0.15, -0.1) is 11.8 Å². The molecule has 116 valence electrons. The number of nitrogens with one attached hydrogen (secondary N) is 1. The zero-order valence-corrected chi connectivity index (χ0v) is 13.9. The van der Waals surface area contributed by atoms with Gasteiger partial charge in [-0.05, 0) is 24.5 Å². The summed E-state index contributed by atoms with van der Waals surface area (Å²) in [5.74, 6) is 0.506. The number of hydrogen-bond donors (Lipinski definition) is 1. The van der Waals surface area contributed by atoms with Crippen molar-refractivity contribution in [2.24, 2.45) is 5.92 Å². The summed E-state index contributed by atoms with van der Waals surface area (Å²) in [5.41, 5.74) is 0. The van der Waals surface area contributed by atoms with Crippen molar-refractivity contribution in [1.29, 1.82) is 0 Å². The van der Waals surface area contributed by atoms with Crippen molar-refractivity contribution >= 4 is 23.6 Å². The summed E-state index contributed by atoms with van der Waals surface area (Å²) in [6.45, 7) is 4.08. The number of thioether (sulfide) groups is 1. The summed E-state index contributed by atoms with van der Waals surface area (Å²) in [6, 6.07) is 9.32. The molecule has 0 aliphatic carbocycles. The van der Waals surface area contributed by atoms with E-state index in [0.717, 1.165) is 4.90 Å². The van der Waals surface area contributed by atoms with E-state index in [9.17, 15) is 9.59 Å². The van der Waals surface area contributed by atoms with Crippen molar-refractivity contribution in [1.82, 2.24) is 10.2 Å². The van der Waals surface area contributed by atoms with E-state index in [4.69, 9.17) is 0 Å². The van der Waals surface area contributed by atoms with E-state index >= 15 is 0 Å². The molecule has 0 spiro atoms. The van der Waals surface area contributed by atoms with Crippen LogP contribution in [0.3, 0.4) is 0 Å². The summed E-state index contributed by atoms with van der Waals surface area (Å²) < 4.78 is 0. The first-order valence-corrected chi connectivity index (χ1v) is 8.07. The van der Waals surface area contributed by atoms with E-state index in [1.165, 1.54) is 16.7 Å². The molecule has 1 aromatic carbocycles. The highest BCUT2D eigenvalue weighted by Gasteiger charge is 2.23. The van der Waals surface area contributed by atoms with Gasteiger partial charge in [-0.2, -0.15) is 0 Å². The van der Waals surface area contributed by atoms with Crippen LogP contribution in [0, 0.1) is 5.92 Å². The Labute approximate surface area is 131 Å². The van der Waals surface area contributed by atoms with Gasteiger partial charge in [0, 0.05) is 19.0 Å². The van der Waals surface area contributed by atoms with Gasteiger partial charge in [0.05, 0.1) is 5.75 Å². The maximum Gasteiger partial charge on any atom is 0.244 e. The van der Waals surface area contributed by atoms with Crippen LogP contribution in [0.25, 0.3) is 0 Å². The molecule has 0 unspecified atom stereocenters. The van der Waals surface area contributed by atoms with Crippen molar-refractivity contribution in [3.63, 3.8) is 0 Å². The standard InChI is InChI=1S/C16H24N2O2S/c1-12(2)10-14(16(20)18(3)4)17-15(19)11-21-13-8-6-5-7-9-13/h5-9,12,14H,10-11H2,1-4H3,(H,17,19)/t14-/m0/s1. The molecule has 0 saturated heterocycles. The van der Waals surface area contributed by atoms with Crippen LogP contribution in [0.1, 0.15) is 20.3 Å². The zero-order valence-electron chi connectivity index (χ0n) is 13.1. The summed E-state index contributed by atoms with van der Waals surface area (Å²) >= 11 is 1.47. The van der Waals surface area contributed by atoms with Gasteiger partial charge in [-0.1, -0.05) is 32.0 Å². The van der Waals surface area contributed by atoms with Gasteiger partial charge in [0.25, 0.3) is 0 Å². The van der Waals surface area contributed by atoms with Gasteiger partial charge in [-0.25, -0.2) is 0 Å². The van der Waals surface area contributed by atoms with Gasteiger partial charge < -0.3 is 10.2 Å². The van der Waals surface area contributed by atoms with E-state index < -0.39 is 6.04 Å². The summed E-state index contributed by atoms with van der Waals surface area (Å²) in [5, 5.41) is 2.85. The molecular formula is C16H24N2O2S. The Morgan fingerprint density at radius 3 is 2.33 bits per heavy atom. The molecule has 5 heteroatoms. The number of rotatable bonds is 7. The van der Waals surface area contributed by atoms with E-state index in [2.05, 4.69) is 5.32 Å². The lowest BCUT2D eigenvalue weighted by atomic mass is 10.0. The number of benzene rings is 1. The first-order valence-electron chi connectivity index (χ1n) is 7.08.